The van der Waals surface area contributed by atoms with Crippen LogP contribution in [-0.4, -0.2) is 21.5 Å². The molecule has 0 aliphatic rings. The number of sulfonamides is 1. The molecular weight excluding hydrogens is 262 g/mol. The minimum Gasteiger partial charge on any atom is -0.397 e. The van der Waals surface area contributed by atoms with Crippen molar-refractivity contribution in [3.8, 4) is 0 Å². The van der Waals surface area contributed by atoms with E-state index in [1.165, 1.54) is 13.1 Å². The topological polar surface area (TPSA) is 84.2 Å². The van der Waals surface area contributed by atoms with Crippen LogP contribution in [-0.2, 0) is 10.0 Å². The summed E-state index contributed by atoms with van der Waals surface area (Å²) in [5.41, 5.74) is 7.11. The monoisotopic (exact) mass is 285 g/mol. The number of hydrogen-bond acceptors (Lipinski definition) is 4. The van der Waals surface area contributed by atoms with E-state index >= 15 is 0 Å². The first-order valence-corrected chi connectivity index (χ1v) is 7.66. The van der Waals surface area contributed by atoms with Crippen molar-refractivity contribution in [2.45, 2.75) is 38.6 Å². The molecule has 108 valence electrons. The SMILES string of the molecule is CNS(=O)(=O)c1ccc(N)c(NC(C)C(C)(C)C)c1. The molecule has 0 radical (unpaired) electrons. The predicted molar refractivity (Wildman–Crippen MR) is 79.6 cm³/mol. The summed E-state index contributed by atoms with van der Waals surface area (Å²) >= 11 is 0. The third-order valence-corrected chi connectivity index (χ3v) is 4.69. The molecular formula is C13H23N3O2S. The van der Waals surface area contributed by atoms with E-state index < -0.39 is 10.0 Å². The highest BCUT2D eigenvalue weighted by atomic mass is 32.2. The largest absolute Gasteiger partial charge is 0.397 e. The van der Waals surface area contributed by atoms with E-state index in [1.807, 2.05) is 6.92 Å². The van der Waals surface area contributed by atoms with Gasteiger partial charge < -0.3 is 11.1 Å². The molecule has 0 aliphatic heterocycles. The molecule has 0 fully saturated rings. The first-order valence-electron chi connectivity index (χ1n) is 6.17. The molecule has 1 aromatic carbocycles. The van der Waals surface area contributed by atoms with Gasteiger partial charge in [0.2, 0.25) is 10.0 Å². The molecule has 0 saturated carbocycles. The van der Waals surface area contributed by atoms with Crippen molar-refractivity contribution in [3.63, 3.8) is 0 Å². The number of hydrogen-bond donors (Lipinski definition) is 3. The van der Waals surface area contributed by atoms with Crippen LogP contribution in [0.5, 0.6) is 0 Å². The Bertz CT molecular complexity index is 547. The van der Waals surface area contributed by atoms with E-state index in [0.717, 1.165) is 0 Å². The Morgan fingerprint density at radius 1 is 1.26 bits per heavy atom. The zero-order valence-corrected chi connectivity index (χ0v) is 12.9. The second-order valence-corrected chi connectivity index (χ2v) is 7.58. The fourth-order valence-corrected chi connectivity index (χ4v) is 2.15. The van der Waals surface area contributed by atoms with Crippen LogP contribution >= 0.6 is 0 Å². The van der Waals surface area contributed by atoms with Crippen molar-refractivity contribution in [1.29, 1.82) is 0 Å². The molecule has 0 amide bonds. The average molecular weight is 285 g/mol. The van der Waals surface area contributed by atoms with Gasteiger partial charge in [0.25, 0.3) is 0 Å². The Hall–Kier alpha value is -1.27. The van der Waals surface area contributed by atoms with Crippen LogP contribution in [0, 0.1) is 5.41 Å². The maximum absolute atomic E-state index is 11.8. The second-order valence-electron chi connectivity index (χ2n) is 5.69. The van der Waals surface area contributed by atoms with Crippen LogP contribution < -0.4 is 15.8 Å². The van der Waals surface area contributed by atoms with E-state index in [0.29, 0.717) is 11.4 Å². The van der Waals surface area contributed by atoms with E-state index in [-0.39, 0.29) is 16.4 Å². The summed E-state index contributed by atoms with van der Waals surface area (Å²) in [6.45, 7) is 8.36. The van der Waals surface area contributed by atoms with Gasteiger partial charge in [-0.3, -0.25) is 0 Å². The number of benzene rings is 1. The molecule has 1 atom stereocenters. The van der Waals surface area contributed by atoms with Gasteiger partial charge in [-0.25, -0.2) is 13.1 Å². The fourth-order valence-electron chi connectivity index (χ4n) is 1.40. The maximum atomic E-state index is 11.8. The maximum Gasteiger partial charge on any atom is 0.240 e. The minimum absolute atomic E-state index is 0.0460. The highest BCUT2D eigenvalue weighted by Gasteiger charge is 2.21. The van der Waals surface area contributed by atoms with Crippen molar-refractivity contribution in [1.82, 2.24) is 4.72 Å². The zero-order valence-electron chi connectivity index (χ0n) is 12.1. The molecule has 6 heteroatoms. The van der Waals surface area contributed by atoms with Gasteiger partial charge in [0.1, 0.15) is 0 Å². The van der Waals surface area contributed by atoms with E-state index in [9.17, 15) is 8.42 Å². The van der Waals surface area contributed by atoms with Gasteiger partial charge in [0.05, 0.1) is 16.3 Å². The Balaban J connectivity index is 3.12. The number of anilines is 2. The molecule has 1 aromatic rings. The Kier molecular flexibility index (Phi) is 4.47. The summed E-state index contributed by atoms with van der Waals surface area (Å²) in [7, 11) is -2.07. The molecule has 5 nitrogen and oxygen atoms in total. The molecule has 1 unspecified atom stereocenters. The lowest BCUT2D eigenvalue weighted by molar-refractivity contribution is 0.359. The smallest absolute Gasteiger partial charge is 0.240 e. The summed E-state index contributed by atoms with van der Waals surface area (Å²) < 4.78 is 25.8. The molecule has 0 heterocycles. The van der Waals surface area contributed by atoms with Gasteiger partial charge in [0, 0.05) is 6.04 Å². The number of nitrogen functional groups attached to an aromatic ring is 1. The lowest BCUT2D eigenvalue weighted by atomic mass is 9.88. The second kappa shape index (κ2) is 5.38. The standard InChI is InChI=1S/C13H23N3O2S/c1-9(13(2,3)4)16-12-8-10(6-7-11(12)14)19(17,18)15-5/h6-9,15-16H,14H2,1-5H3. The Labute approximate surface area is 115 Å². The van der Waals surface area contributed by atoms with Gasteiger partial charge in [-0.05, 0) is 37.6 Å². The average Bonchev–Trinajstić information content (AvgIpc) is 2.30. The zero-order chi connectivity index (χ0) is 14.8. The van der Waals surface area contributed by atoms with Crippen LogP contribution in [0.25, 0.3) is 0 Å². The summed E-state index contributed by atoms with van der Waals surface area (Å²) in [4.78, 5) is 0.202. The summed E-state index contributed by atoms with van der Waals surface area (Å²) in [6, 6.07) is 4.81. The number of nitrogens with two attached hydrogens (primary N) is 1. The summed E-state index contributed by atoms with van der Waals surface area (Å²) in [5, 5.41) is 3.27. The van der Waals surface area contributed by atoms with E-state index in [1.54, 1.807) is 12.1 Å². The first-order chi connectivity index (χ1) is 8.58. The van der Waals surface area contributed by atoms with Crippen molar-refractivity contribution in [3.05, 3.63) is 18.2 Å². The Morgan fingerprint density at radius 3 is 2.32 bits per heavy atom. The minimum atomic E-state index is -3.45. The Morgan fingerprint density at radius 2 is 1.84 bits per heavy atom. The van der Waals surface area contributed by atoms with Gasteiger partial charge in [-0.2, -0.15) is 0 Å². The van der Waals surface area contributed by atoms with Gasteiger partial charge in [0.15, 0.2) is 0 Å². The molecule has 0 aliphatic carbocycles. The van der Waals surface area contributed by atoms with Crippen LogP contribution in [0.2, 0.25) is 0 Å². The van der Waals surface area contributed by atoms with E-state index in [4.69, 9.17) is 5.73 Å². The van der Waals surface area contributed by atoms with Gasteiger partial charge in [-0.1, -0.05) is 20.8 Å². The third kappa shape index (κ3) is 3.84. The lowest BCUT2D eigenvalue weighted by Crippen LogP contribution is -2.31. The predicted octanol–water partition coefficient (Wildman–Crippen LogP) is 2.02. The summed E-state index contributed by atoms with van der Waals surface area (Å²) in [5.74, 6) is 0. The summed E-state index contributed by atoms with van der Waals surface area (Å²) in [6.07, 6.45) is 0. The third-order valence-electron chi connectivity index (χ3n) is 3.27. The van der Waals surface area contributed by atoms with Crippen LogP contribution in [0.3, 0.4) is 0 Å². The van der Waals surface area contributed by atoms with E-state index in [2.05, 4.69) is 30.8 Å². The molecule has 0 bridgehead atoms. The molecule has 19 heavy (non-hydrogen) atoms. The van der Waals surface area contributed by atoms with Crippen LogP contribution in [0.4, 0.5) is 11.4 Å². The molecule has 1 rings (SSSR count). The van der Waals surface area contributed by atoms with Gasteiger partial charge >= 0.3 is 0 Å². The fraction of sp³-hybridized carbons (Fsp3) is 0.538. The van der Waals surface area contributed by atoms with Crippen molar-refractivity contribution in [2.24, 2.45) is 5.41 Å². The molecule has 4 N–H and O–H groups in total. The quantitative estimate of drug-likeness (QED) is 0.739. The number of nitrogens with one attached hydrogen (secondary N) is 2. The van der Waals surface area contributed by atoms with Crippen LogP contribution in [0.15, 0.2) is 23.1 Å². The molecule has 0 saturated heterocycles. The van der Waals surface area contributed by atoms with Gasteiger partial charge in [-0.15, -0.1) is 0 Å². The van der Waals surface area contributed by atoms with Crippen molar-refractivity contribution in [2.75, 3.05) is 18.1 Å². The lowest BCUT2D eigenvalue weighted by Gasteiger charge is -2.29. The van der Waals surface area contributed by atoms with Crippen LogP contribution in [0.1, 0.15) is 27.7 Å². The van der Waals surface area contributed by atoms with Crippen molar-refractivity contribution < 1.29 is 8.42 Å². The first kappa shape index (κ1) is 15.8. The van der Waals surface area contributed by atoms with Crippen molar-refractivity contribution >= 4 is 21.4 Å². The highest BCUT2D eigenvalue weighted by Crippen LogP contribution is 2.28. The number of rotatable bonds is 4. The molecule has 0 spiro atoms. The highest BCUT2D eigenvalue weighted by molar-refractivity contribution is 7.89. The molecule has 0 aromatic heterocycles. The normalized spacial score (nSPS) is 14.2.